The predicted molar refractivity (Wildman–Crippen MR) is 152 cm³/mol. The lowest BCUT2D eigenvalue weighted by Crippen LogP contribution is -1.89. The number of allylic oxidation sites excluding steroid dienone is 2. The first-order valence-corrected chi connectivity index (χ1v) is 12.2. The summed E-state index contributed by atoms with van der Waals surface area (Å²) in [5.74, 6) is 0. The summed E-state index contributed by atoms with van der Waals surface area (Å²) in [6, 6.07) is 16.2. The van der Waals surface area contributed by atoms with Crippen LogP contribution in [-0.4, -0.2) is 28.4 Å². The zero-order chi connectivity index (χ0) is 23.3. The molecular weight excluding hydrogens is 432 g/mol. The number of hydrogen-bond acceptors (Lipinski definition) is 5. The quantitative estimate of drug-likeness (QED) is 0.321. The molecule has 1 aliphatic rings. The van der Waals surface area contributed by atoms with Crippen LogP contribution < -0.4 is 12.3 Å². The molecule has 10 N–H and O–H groups in total. The molecule has 2 aromatic rings. The second-order valence-corrected chi connectivity index (χ2v) is 6.93. The largest absolute Gasteiger partial charge is 0.412 e. The van der Waals surface area contributed by atoms with Crippen molar-refractivity contribution < 1.29 is 15.7 Å². The van der Waals surface area contributed by atoms with Gasteiger partial charge in [-0.25, -0.2) is 0 Å². The third kappa shape index (κ3) is 44.6. The highest BCUT2D eigenvalue weighted by Crippen LogP contribution is 2.03. The molecule has 0 atom stereocenters. The van der Waals surface area contributed by atoms with E-state index in [0.717, 1.165) is 6.42 Å². The number of aryl methyl sites for hydroxylation is 1. The second kappa shape index (κ2) is 44.0. The minimum Gasteiger partial charge on any atom is -0.412 e. The van der Waals surface area contributed by atoms with E-state index >= 15 is 0 Å². The van der Waals surface area contributed by atoms with Gasteiger partial charge in [0.25, 0.3) is 0 Å². The Kier molecular flexibility index (Phi) is 59.7. The van der Waals surface area contributed by atoms with E-state index in [1.807, 2.05) is 76.2 Å². The number of aliphatic hydroxyl groups is 2. The van der Waals surface area contributed by atoms with E-state index in [-0.39, 0.29) is 23.9 Å². The smallest absolute Gasteiger partial charge is 0.0908 e. The van der Waals surface area contributed by atoms with Crippen molar-refractivity contribution in [2.24, 2.45) is 0 Å². The van der Waals surface area contributed by atoms with E-state index in [0.29, 0.717) is 6.61 Å². The van der Waals surface area contributed by atoms with Gasteiger partial charge in [0, 0.05) is 11.5 Å². The summed E-state index contributed by atoms with van der Waals surface area (Å²) >= 11 is 1.78. The molecule has 5 nitrogen and oxygen atoms in total. The number of hydrogen-bond donors (Lipinski definition) is 4. The fourth-order valence-corrected chi connectivity index (χ4v) is 2.41. The van der Waals surface area contributed by atoms with Crippen molar-refractivity contribution >= 4 is 11.3 Å². The first-order valence-electron chi connectivity index (χ1n) is 11.3. The van der Waals surface area contributed by atoms with E-state index < -0.39 is 0 Å². The van der Waals surface area contributed by atoms with Gasteiger partial charge in [-0.2, -0.15) is 0 Å². The van der Waals surface area contributed by atoms with Gasteiger partial charge in [0.05, 0.1) is 6.10 Å². The van der Waals surface area contributed by atoms with Crippen LogP contribution in [0.3, 0.4) is 0 Å². The van der Waals surface area contributed by atoms with Gasteiger partial charge in [0.15, 0.2) is 0 Å². The lowest BCUT2D eigenvalue weighted by atomic mass is 10.2. The Morgan fingerprint density at radius 3 is 1.39 bits per heavy atom. The van der Waals surface area contributed by atoms with Gasteiger partial charge in [-0.15, -0.1) is 11.3 Å². The summed E-state index contributed by atoms with van der Waals surface area (Å²) < 4.78 is 0. The molecule has 0 saturated heterocycles. The molecule has 0 spiro atoms. The molecule has 0 radical (unpaired) electrons. The molecule has 0 fully saturated rings. The van der Waals surface area contributed by atoms with Crippen LogP contribution in [0.5, 0.6) is 0 Å². The van der Waals surface area contributed by atoms with Gasteiger partial charge >= 0.3 is 0 Å². The average molecular weight is 487 g/mol. The average Bonchev–Trinajstić information content (AvgIpc) is 3.50. The van der Waals surface area contributed by atoms with Gasteiger partial charge in [0.2, 0.25) is 0 Å². The normalized spacial score (nSPS) is 9.45. The van der Waals surface area contributed by atoms with Crippen molar-refractivity contribution in [3.63, 3.8) is 0 Å². The maximum atomic E-state index is 8.56. The van der Waals surface area contributed by atoms with Crippen LogP contribution in [0.2, 0.25) is 0 Å². The fraction of sp³-hybridized carbons (Fsp3) is 0.481. The maximum Gasteiger partial charge on any atom is 0.0908 e. The van der Waals surface area contributed by atoms with E-state index in [9.17, 15) is 0 Å². The second-order valence-electron chi connectivity index (χ2n) is 5.78. The van der Waals surface area contributed by atoms with Crippen molar-refractivity contribution in [1.29, 1.82) is 0 Å². The Balaban J connectivity index is -0.0000000683. The molecule has 1 aromatic carbocycles. The molecule has 1 aromatic heterocycles. The highest BCUT2D eigenvalue weighted by Gasteiger charge is 1.91. The Morgan fingerprint density at radius 2 is 1.18 bits per heavy atom. The molecular formula is C27H54N2O3S. The fourth-order valence-electron chi connectivity index (χ4n) is 1.88. The third-order valence-corrected chi connectivity index (χ3v) is 4.12. The van der Waals surface area contributed by atoms with Crippen molar-refractivity contribution in [3.05, 3.63) is 83.1 Å². The first kappa shape index (κ1) is 44.8. The third-order valence-electron chi connectivity index (χ3n) is 3.32. The zero-order valence-corrected chi connectivity index (χ0v) is 22.9. The van der Waals surface area contributed by atoms with E-state index in [1.165, 1.54) is 30.6 Å². The first-order chi connectivity index (χ1) is 14.7. The number of benzene rings is 1. The van der Waals surface area contributed by atoms with Crippen molar-refractivity contribution in [2.45, 2.75) is 79.8 Å². The van der Waals surface area contributed by atoms with Crippen LogP contribution >= 0.6 is 11.3 Å². The van der Waals surface area contributed by atoms with E-state index in [4.69, 9.17) is 10.2 Å². The summed E-state index contributed by atoms with van der Waals surface area (Å²) in [4.78, 5) is 1.38. The summed E-state index contributed by atoms with van der Waals surface area (Å²) in [5, 5.41) is 19.0. The van der Waals surface area contributed by atoms with Crippen LogP contribution in [0.1, 0.15) is 71.6 Å². The minimum atomic E-state index is -0.315. The molecule has 0 saturated carbocycles. The summed E-state index contributed by atoms with van der Waals surface area (Å²) in [6.07, 6.45) is 12.9. The Labute approximate surface area is 208 Å². The van der Waals surface area contributed by atoms with Crippen molar-refractivity contribution in [3.8, 4) is 0 Å². The monoisotopic (exact) mass is 486 g/mol. The number of rotatable bonds is 5. The van der Waals surface area contributed by atoms with Crippen LogP contribution in [0.25, 0.3) is 0 Å². The number of thiophene rings is 1. The highest BCUT2D eigenvalue weighted by molar-refractivity contribution is 7.09. The molecule has 0 bridgehead atoms. The predicted octanol–water partition coefficient (Wildman–Crippen LogP) is 7.72. The summed E-state index contributed by atoms with van der Waals surface area (Å²) in [7, 11) is 0. The maximum absolute atomic E-state index is 8.56. The van der Waals surface area contributed by atoms with Gasteiger partial charge in [-0.05, 0) is 24.8 Å². The Hall–Kier alpha value is -1.80. The summed E-state index contributed by atoms with van der Waals surface area (Å²) in [6.45, 7) is 12.7. The Bertz CT molecular complexity index is 503. The van der Waals surface area contributed by atoms with Crippen LogP contribution in [0, 0.1) is 6.92 Å². The molecule has 0 amide bonds. The van der Waals surface area contributed by atoms with Gasteiger partial charge in [-0.1, -0.05) is 127 Å². The standard InChI is InChI=1S/C7H16O.C6H6.C5H6O.C5H6S.2C2H6.2H3N.H2O/c1-2-3-4-5-6-7-8;1-2-4-6-5-3-1;6-5-3-1-2-4-5;1-5-3-2-4-6-5;2*1-2;;;/h8H,2-7H2,1H3;2*1-6H;2-4H,1H3;2*1-2H3;2*1H3;1H2. The van der Waals surface area contributed by atoms with Crippen molar-refractivity contribution in [1.82, 2.24) is 12.3 Å². The van der Waals surface area contributed by atoms with Crippen molar-refractivity contribution in [2.75, 3.05) is 6.61 Å². The van der Waals surface area contributed by atoms with Crippen LogP contribution in [0.15, 0.2) is 78.2 Å². The lowest BCUT2D eigenvalue weighted by molar-refractivity contribution is 0.274. The van der Waals surface area contributed by atoms with E-state index in [1.54, 1.807) is 23.5 Å². The zero-order valence-electron chi connectivity index (χ0n) is 22.0. The summed E-state index contributed by atoms with van der Waals surface area (Å²) in [5.41, 5.74) is 0. The molecule has 1 heterocycles. The number of aliphatic hydroxyl groups excluding tert-OH is 2. The number of unbranched alkanes of at least 4 members (excludes halogenated alkanes) is 4. The lowest BCUT2D eigenvalue weighted by Gasteiger charge is -1.93. The molecule has 196 valence electrons. The molecule has 3 rings (SSSR count). The molecule has 0 aliphatic heterocycles. The van der Waals surface area contributed by atoms with Crippen LogP contribution in [0.4, 0.5) is 0 Å². The van der Waals surface area contributed by atoms with Crippen LogP contribution in [-0.2, 0) is 0 Å². The molecule has 1 aliphatic carbocycles. The molecule has 6 heteroatoms. The van der Waals surface area contributed by atoms with Gasteiger partial charge in [-0.3, -0.25) is 0 Å². The van der Waals surface area contributed by atoms with E-state index in [2.05, 4.69) is 31.4 Å². The SMILES string of the molecule is CC.CC.CCCCCCCO.Cc1cccs1.N.N.O.OC1C=CC=C1.c1ccccc1. The molecule has 33 heavy (non-hydrogen) atoms. The van der Waals surface area contributed by atoms with Gasteiger partial charge < -0.3 is 28.0 Å². The Morgan fingerprint density at radius 1 is 0.758 bits per heavy atom. The van der Waals surface area contributed by atoms with Gasteiger partial charge in [0.1, 0.15) is 0 Å². The highest BCUT2D eigenvalue weighted by atomic mass is 32.1. The topological polar surface area (TPSA) is 142 Å². The molecule has 0 unspecified atom stereocenters. The minimum absolute atomic E-state index is 0.